The monoisotopic (exact) mass is 310 g/mol. The molecule has 1 aromatic carbocycles. The Morgan fingerprint density at radius 1 is 1.27 bits per heavy atom. The summed E-state index contributed by atoms with van der Waals surface area (Å²) in [5, 5.41) is 19.2. The Kier molecular flexibility index (Phi) is 4.46. The molecule has 2 rings (SSSR count). The molecule has 0 spiro atoms. The Morgan fingerprint density at radius 2 is 1.95 bits per heavy atom. The first-order valence-corrected chi connectivity index (χ1v) is 6.33. The van der Waals surface area contributed by atoms with Crippen LogP contribution in [0.4, 0.5) is 18.9 Å². The van der Waals surface area contributed by atoms with Crippen LogP contribution in [0.5, 0.6) is 5.75 Å². The van der Waals surface area contributed by atoms with Gasteiger partial charge in [0.2, 0.25) is 0 Å². The zero-order valence-electron chi connectivity index (χ0n) is 11.6. The van der Waals surface area contributed by atoms with Crippen LogP contribution in [0.15, 0.2) is 35.5 Å². The Hall–Kier alpha value is -2.41. The molecule has 116 valence electrons. The zero-order chi connectivity index (χ0) is 16.3. The lowest BCUT2D eigenvalue weighted by atomic mass is 10.1. The van der Waals surface area contributed by atoms with Crippen LogP contribution in [-0.4, -0.2) is 21.4 Å². The molecule has 0 aliphatic carbocycles. The molecule has 0 fully saturated rings. The molecule has 0 amide bonds. The molecule has 0 saturated carbocycles. The van der Waals surface area contributed by atoms with Gasteiger partial charge in [-0.3, -0.25) is 9.98 Å². The molecule has 0 aliphatic rings. The number of aromatic nitrogens is 1. The molecule has 0 saturated heterocycles. The molecule has 4 nitrogen and oxygen atoms in total. The molecule has 0 unspecified atom stereocenters. The van der Waals surface area contributed by atoms with Gasteiger partial charge in [-0.1, -0.05) is 12.1 Å². The lowest BCUT2D eigenvalue weighted by Gasteiger charge is -2.10. The maximum absolute atomic E-state index is 12.9. The fraction of sp³-hybridized carbons (Fsp3) is 0.200. The summed E-state index contributed by atoms with van der Waals surface area (Å²) >= 11 is 0. The highest BCUT2D eigenvalue weighted by Crippen LogP contribution is 2.36. The average molecular weight is 310 g/mol. The Bertz CT molecular complexity index is 712. The second kappa shape index (κ2) is 6.15. The summed E-state index contributed by atoms with van der Waals surface area (Å²) in [6.07, 6.45) is -2.09. The number of aromatic hydroxyl groups is 1. The van der Waals surface area contributed by atoms with E-state index in [4.69, 9.17) is 0 Å². The van der Waals surface area contributed by atoms with Crippen LogP contribution in [0.1, 0.15) is 22.4 Å². The second-order valence-electron chi connectivity index (χ2n) is 4.56. The molecule has 1 aromatic heterocycles. The maximum Gasteiger partial charge on any atom is 0.418 e. The number of nitrogens with zero attached hydrogens (tertiary/aromatic N) is 2. The topological polar surface area (TPSA) is 65.7 Å². The number of benzene rings is 1. The maximum atomic E-state index is 12.9. The number of para-hydroxylation sites is 1. The van der Waals surface area contributed by atoms with Gasteiger partial charge in [0.05, 0.1) is 23.6 Å². The first kappa shape index (κ1) is 16.0. The predicted molar refractivity (Wildman–Crippen MR) is 75.3 cm³/mol. The Balaban J connectivity index is 2.49. The molecule has 2 aromatic rings. The molecule has 22 heavy (non-hydrogen) atoms. The number of aryl methyl sites for hydroxylation is 1. The van der Waals surface area contributed by atoms with Crippen LogP contribution in [0.2, 0.25) is 0 Å². The van der Waals surface area contributed by atoms with E-state index in [1.54, 1.807) is 0 Å². The molecule has 2 N–H and O–H groups in total. The highest BCUT2D eigenvalue weighted by molar-refractivity contribution is 5.87. The number of rotatable bonds is 3. The number of aliphatic hydroxyl groups is 1. The number of hydrogen-bond donors (Lipinski definition) is 2. The van der Waals surface area contributed by atoms with Crippen molar-refractivity contribution in [2.45, 2.75) is 19.7 Å². The zero-order valence-corrected chi connectivity index (χ0v) is 11.6. The third-order valence-electron chi connectivity index (χ3n) is 3.07. The van der Waals surface area contributed by atoms with Gasteiger partial charge in [0.1, 0.15) is 5.75 Å². The fourth-order valence-electron chi connectivity index (χ4n) is 1.88. The molecule has 0 aliphatic heterocycles. The van der Waals surface area contributed by atoms with Crippen LogP contribution in [0.25, 0.3) is 0 Å². The van der Waals surface area contributed by atoms with Crippen LogP contribution in [-0.2, 0) is 12.8 Å². The molecule has 7 heteroatoms. The van der Waals surface area contributed by atoms with E-state index in [0.717, 1.165) is 12.3 Å². The van der Waals surface area contributed by atoms with Crippen molar-refractivity contribution < 1.29 is 23.4 Å². The number of aliphatic hydroxyl groups excluding tert-OH is 1. The van der Waals surface area contributed by atoms with E-state index in [1.165, 1.54) is 31.3 Å². The summed E-state index contributed by atoms with van der Waals surface area (Å²) < 4.78 is 38.7. The average Bonchev–Trinajstić information content (AvgIpc) is 2.48. The van der Waals surface area contributed by atoms with Gasteiger partial charge in [-0.15, -0.1) is 0 Å². The number of halogens is 3. The standard InChI is InChI=1S/C15H13F3N2O2/c1-9-14(22)11(10(8-21)6-19-9)7-20-13-5-3-2-4-12(13)15(16,17)18/h2-7,21-22H,8H2,1H3. The van der Waals surface area contributed by atoms with Crippen molar-refractivity contribution in [3.05, 3.63) is 52.8 Å². The predicted octanol–water partition coefficient (Wildman–Crippen LogP) is 3.36. The van der Waals surface area contributed by atoms with Gasteiger partial charge in [0.15, 0.2) is 0 Å². The fourth-order valence-corrected chi connectivity index (χ4v) is 1.88. The van der Waals surface area contributed by atoms with Crippen LogP contribution in [0, 0.1) is 6.92 Å². The van der Waals surface area contributed by atoms with Crippen molar-refractivity contribution in [3.63, 3.8) is 0 Å². The van der Waals surface area contributed by atoms with E-state index in [9.17, 15) is 23.4 Å². The number of aliphatic imine (C=N–C) groups is 1. The van der Waals surface area contributed by atoms with E-state index >= 15 is 0 Å². The summed E-state index contributed by atoms with van der Waals surface area (Å²) in [5.74, 6) is -0.222. The van der Waals surface area contributed by atoms with Gasteiger partial charge < -0.3 is 10.2 Å². The van der Waals surface area contributed by atoms with Gasteiger partial charge in [-0.05, 0) is 19.1 Å². The second-order valence-corrected chi connectivity index (χ2v) is 4.56. The highest BCUT2D eigenvalue weighted by Gasteiger charge is 2.33. The largest absolute Gasteiger partial charge is 0.505 e. The molecule has 0 bridgehead atoms. The quantitative estimate of drug-likeness (QED) is 0.854. The van der Waals surface area contributed by atoms with Gasteiger partial charge in [-0.25, -0.2) is 0 Å². The highest BCUT2D eigenvalue weighted by atomic mass is 19.4. The van der Waals surface area contributed by atoms with Crippen molar-refractivity contribution in [2.75, 3.05) is 0 Å². The van der Waals surface area contributed by atoms with Crippen molar-refractivity contribution >= 4 is 11.9 Å². The van der Waals surface area contributed by atoms with Gasteiger partial charge >= 0.3 is 6.18 Å². The SMILES string of the molecule is Cc1ncc(CO)c(C=Nc2ccccc2C(F)(F)F)c1O. The van der Waals surface area contributed by atoms with E-state index < -0.39 is 18.3 Å². The van der Waals surface area contributed by atoms with Crippen LogP contribution in [0.3, 0.4) is 0 Å². The normalized spacial score (nSPS) is 12.0. The minimum absolute atomic E-state index is 0.145. The molecule has 0 atom stereocenters. The van der Waals surface area contributed by atoms with E-state index in [1.807, 2.05) is 0 Å². The Labute approximate surface area is 124 Å². The van der Waals surface area contributed by atoms with E-state index in [0.29, 0.717) is 5.69 Å². The summed E-state index contributed by atoms with van der Waals surface area (Å²) in [5.41, 5.74) is -0.430. The minimum Gasteiger partial charge on any atom is -0.505 e. The molecule has 1 heterocycles. The third-order valence-corrected chi connectivity index (χ3v) is 3.07. The van der Waals surface area contributed by atoms with Gasteiger partial charge in [-0.2, -0.15) is 13.2 Å². The third kappa shape index (κ3) is 3.25. The Morgan fingerprint density at radius 3 is 2.59 bits per heavy atom. The van der Waals surface area contributed by atoms with Crippen LogP contribution < -0.4 is 0 Å². The summed E-state index contributed by atoms with van der Waals surface area (Å²) in [6.45, 7) is 1.13. The van der Waals surface area contributed by atoms with Gasteiger partial charge in [0.25, 0.3) is 0 Å². The number of hydrogen-bond acceptors (Lipinski definition) is 4. The summed E-state index contributed by atoms with van der Waals surface area (Å²) in [4.78, 5) is 7.68. The molecular weight excluding hydrogens is 297 g/mol. The van der Waals surface area contributed by atoms with E-state index in [2.05, 4.69) is 9.98 Å². The smallest absolute Gasteiger partial charge is 0.418 e. The lowest BCUT2D eigenvalue weighted by molar-refractivity contribution is -0.137. The number of alkyl halides is 3. The lowest BCUT2D eigenvalue weighted by Crippen LogP contribution is -2.05. The van der Waals surface area contributed by atoms with Crippen molar-refractivity contribution in [1.82, 2.24) is 4.98 Å². The van der Waals surface area contributed by atoms with E-state index in [-0.39, 0.29) is 22.6 Å². The minimum atomic E-state index is -4.52. The van der Waals surface area contributed by atoms with Crippen molar-refractivity contribution in [2.24, 2.45) is 4.99 Å². The van der Waals surface area contributed by atoms with Crippen molar-refractivity contribution in [1.29, 1.82) is 0 Å². The first-order valence-electron chi connectivity index (χ1n) is 6.33. The van der Waals surface area contributed by atoms with Crippen molar-refractivity contribution in [3.8, 4) is 5.75 Å². The van der Waals surface area contributed by atoms with Gasteiger partial charge in [0, 0.05) is 23.5 Å². The summed E-state index contributed by atoms with van der Waals surface area (Å²) in [7, 11) is 0. The van der Waals surface area contributed by atoms with Crippen LogP contribution >= 0.6 is 0 Å². The molecule has 0 radical (unpaired) electrons. The first-order chi connectivity index (χ1) is 10.3. The molecular formula is C15H13F3N2O2. The summed E-state index contributed by atoms with van der Waals surface area (Å²) in [6, 6.07) is 4.86. The number of pyridine rings is 1.